The van der Waals surface area contributed by atoms with Crippen LogP contribution < -0.4 is 11.1 Å². The number of carbonyl (C=O) groups excluding carboxylic acids is 1. The minimum Gasteiger partial charge on any atom is -0.328 e. The highest BCUT2D eigenvalue weighted by atomic mass is 35.5. The first kappa shape index (κ1) is 19.7. The van der Waals surface area contributed by atoms with Crippen molar-refractivity contribution in [2.45, 2.75) is 25.8 Å². The normalized spacial score (nSPS) is 11.0. The number of pyridine rings is 1. The summed E-state index contributed by atoms with van der Waals surface area (Å²) in [4.78, 5) is 15.8. The summed E-state index contributed by atoms with van der Waals surface area (Å²) < 4.78 is 0. The number of anilines is 1. The highest BCUT2D eigenvalue weighted by Gasteiger charge is 2.10. The maximum atomic E-state index is 11.6. The first-order chi connectivity index (χ1) is 9.15. The third-order valence-corrected chi connectivity index (χ3v) is 3.24. The summed E-state index contributed by atoms with van der Waals surface area (Å²) >= 11 is 1.30. The Bertz CT molecular complexity index is 550. The molecule has 21 heavy (non-hydrogen) atoms. The molecule has 1 amide bonds. The number of hydrogen-bond acceptors (Lipinski definition) is 6. The van der Waals surface area contributed by atoms with Gasteiger partial charge in [-0.3, -0.25) is 9.78 Å². The van der Waals surface area contributed by atoms with Crippen molar-refractivity contribution in [2.75, 3.05) is 5.32 Å². The van der Waals surface area contributed by atoms with Gasteiger partial charge in [0, 0.05) is 18.7 Å². The van der Waals surface area contributed by atoms with Crippen LogP contribution in [0.15, 0.2) is 24.4 Å². The topological polar surface area (TPSA) is 93.8 Å². The first-order valence-electron chi connectivity index (χ1n) is 5.95. The average molecular weight is 350 g/mol. The molecular weight excluding hydrogens is 333 g/mol. The van der Waals surface area contributed by atoms with Gasteiger partial charge in [-0.05, 0) is 25.5 Å². The van der Waals surface area contributed by atoms with Crippen LogP contribution in [-0.2, 0) is 4.79 Å². The third kappa shape index (κ3) is 6.34. The fourth-order valence-corrected chi connectivity index (χ4v) is 2.14. The summed E-state index contributed by atoms with van der Waals surface area (Å²) in [5, 5.41) is 11.8. The number of hydrogen-bond donors (Lipinski definition) is 2. The van der Waals surface area contributed by atoms with E-state index in [0.717, 1.165) is 5.69 Å². The van der Waals surface area contributed by atoms with Crippen LogP contribution in [0.25, 0.3) is 10.7 Å². The van der Waals surface area contributed by atoms with Crippen molar-refractivity contribution >= 4 is 47.2 Å². The quantitative estimate of drug-likeness (QED) is 0.864. The molecule has 1 unspecified atom stereocenters. The standard InChI is InChI=1S/C12H15N5OS.2ClH/c1-8(13)5-6-10(18)15-12-17-16-11(19-12)9-4-2-3-7-14-9;;/h2-4,7-8H,5-6,13H2,1H3,(H,15,17,18);2*1H. The Hall–Kier alpha value is -1.28. The Morgan fingerprint density at radius 3 is 2.76 bits per heavy atom. The molecule has 0 aliphatic carbocycles. The zero-order valence-electron chi connectivity index (χ0n) is 11.4. The van der Waals surface area contributed by atoms with Crippen LogP contribution in [-0.4, -0.2) is 27.1 Å². The van der Waals surface area contributed by atoms with Crippen LogP contribution >= 0.6 is 36.2 Å². The smallest absolute Gasteiger partial charge is 0.226 e. The number of rotatable bonds is 5. The molecule has 116 valence electrons. The van der Waals surface area contributed by atoms with E-state index >= 15 is 0 Å². The van der Waals surface area contributed by atoms with E-state index in [9.17, 15) is 4.79 Å². The van der Waals surface area contributed by atoms with Crippen molar-refractivity contribution in [3.8, 4) is 10.7 Å². The molecule has 0 bridgehead atoms. The fraction of sp³-hybridized carbons (Fsp3) is 0.333. The van der Waals surface area contributed by atoms with Gasteiger partial charge in [-0.25, -0.2) is 0 Å². The molecule has 2 aromatic heterocycles. The molecule has 2 aromatic rings. The van der Waals surface area contributed by atoms with Crippen molar-refractivity contribution in [3.05, 3.63) is 24.4 Å². The highest BCUT2D eigenvalue weighted by Crippen LogP contribution is 2.24. The fourth-order valence-electron chi connectivity index (χ4n) is 1.41. The second kappa shape index (κ2) is 9.62. The van der Waals surface area contributed by atoms with Crippen molar-refractivity contribution in [1.29, 1.82) is 0 Å². The number of nitrogens with zero attached hydrogens (tertiary/aromatic N) is 3. The summed E-state index contributed by atoms with van der Waals surface area (Å²) in [6.07, 6.45) is 2.73. The summed E-state index contributed by atoms with van der Waals surface area (Å²) in [5.74, 6) is -0.0963. The van der Waals surface area contributed by atoms with E-state index in [4.69, 9.17) is 5.73 Å². The molecule has 0 saturated heterocycles. The van der Waals surface area contributed by atoms with E-state index in [2.05, 4.69) is 20.5 Å². The van der Waals surface area contributed by atoms with Gasteiger partial charge in [-0.15, -0.1) is 35.0 Å². The molecular formula is C12H17Cl2N5OS. The molecule has 6 nitrogen and oxygen atoms in total. The largest absolute Gasteiger partial charge is 0.328 e. The minimum atomic E-state index is -0.0963. The van der Waals surface area contributed by atoms with E-state index in [1.807, 2.05) is 25.1 Å². The van der Waals surface area contributed by atoms with Crippen molar-refractivity contribution in [3.63, 3.8) is 0 Å². The highest BCUT2D eigenvalue weighted by molar-refractivity contribution is 7.18. The molecule has 2 rings (SSSR count). The van der Waals surface area contributed by atoms with Gasteiger partial charge in [0.05, 0.1) is 0 Å². The van der Waals surface area contributed by atoms with Crippen LogP contribution in [0.5, 0.6) is 0 Å². The van der Waals surface area contributed by atoms with Gasteiger partial charge in [0.2, 0.25) is 11.0 Å². The Morgan fingerprint density at radius 1 is 1.38 bits per heavy atom. The Balaban J connectivity index is 0.00000200. The zero-order chi connectivity index (χ0) is 13.7. The summed E-state index contributed by atoms with van der Waals surface area (Å²) in [6, 6.07) is 5.58. The van der Waals surface area contributed by atoms with Crippen LogP contribution in [0.1, 0.15) is 19.8 Å². The van der Waals surface area contributed by atoms with Gasteiger partial charge in [0.25, 0.3) is 0 Å². The van der Waals surface area contributed by atoms with Gasteiger partial charge in [0.1, 0.15) is 5.69 Å². The molecule has 0 aromatic carbocycles. The Kier molecular flexibility index (Phi) is 9.03. The van der Waals surface area contributed by atoms with Gasteiger partial charge in [-0.2, -0.15) is 0 Å². The second-order valence-corrected chi connectivity index (χ2v) is 5.17. The van der Waals surface area contributed by atoms with Crippen molar-refractivity contribution in [1.82, 2.24) is 15.2 Å². The summed E-state index contributed by atoms with van der Waals surface area (Å²) in [7, 11) is 0. The number of nitrogens with two attached hydrogens (primary N) is 1. The van der Waals surface area contributed by atoms with Gasteiger partial charge in [0.15, 0.2) is 5.01 Å². The number of carbonyl (C=O) groups is 1. The number of aromatic nitrogens is 3. The molecule has 0 aliphatic rings. The lowest BCUT2D eigenvalue weighted by atomic mass is 10.2. The van der Waals surface area contributed by atoms with E-state index in [-0.39, 0.29) is 36.8 Å². The van der Waals surface area contributed by atoms with E-state index in [0.29, 0.717) is 23.0 Å². The molecule has 0 aliphatic heterocycles. The van der Waals surface area contributed by atoms with Gasteiger partial charge in [-0.1, -0.05) is 17.4 Å². The monoisotopic (exact) mass is 349 g/mol. The number of amides is 1. The summed E-state index contributed by atoms with van der Waals surface area (Å²) in [5.41, 5.74) is 6.35. The maximum absolute atomic E-state index is 11.6. The van der Waals surface area contributed by atoms with E-state index < -0.39 is 0 Å². The lowest BCUT2D eigenvalue weighted by Crippen LogP contribution is -2.19. The molecule has 9 heteroatoms. The lowest BCUT2D eigenvalue weighted by Gasteiger charge is -2.03. The molecule has 0 fully saturated rings. The second-order valence-electron chi connectivity index (χ2n) is 4.19. The number of halogens is 2. The third-order valence-electron chi connectivity index (χ3n) is 2.38. The number of nitrogens with one attached hydrogen (secondary N) is 1. The molecule has 0 spiro atoms. The molecule has 0 saturated carbocycles. The van der Waals surface area contributed by atoms with E-state index in [1.54, 1.807) is 6.20 Å². The van der Waals surface area contributed by atoms with Crippen LogP contribution in [0.2, 0.25) is 0 Å². The molecule has 0 radical (unpaired) electrons. The summed E-state index contributed by atoms with van der Waals surface area (Å²) in [6.45, 7) is 1.87. The first-order valence-corrected chi connectivity index (χ1v) is 6.77. The molecule has 2 heterocycles. The van der Waals surface area contributed by atoms with Crippen LogP contribution in [0, 0.1) is 0 Å². The predicted octanol–water partition coefficient (Wildman–Crippen LogP) is 2.51. The van der Waals surface area contributed by atoms with Crippen LogP contribution in [0.4, 0.5) is 5.13 Å². The predicted molar refractivity (Wildman–Crippen MR) is 89.1 cm³/mol. The zero-order valence-corrected chi connectivity index (χ0v) is 13.8. The van der Waals surface area contributed by atoms with Crippen molar-refractivity contribution in [2.24, 2.45) is 5.73 Å². The lowest BCUT2D eigenvalue weighted by molar-refractivity contribution is -0.116. The molecule has 3 N–H and O–H groups in total. The average Bonchev–Trinajstić information content (AvgIpc) is 2.86. The Morgan fingerprint density at radius 2 is 2.14 bits per heavy atom. The SMILES string of the molecule is CC(N)CCC(=O)Nc1nnc(-c2ccccn2)s1.Cl.Cl. The molecule has 1 atom stereocenters. The van der Waals surface area contributed by atoms with Gasteiger partial charge >= 0.3 is 0 Å². The van der Waals surface area contributed by atoms with Crippen LogP contribution in [0.3, 0.4) is 0 Å². The Labute approximate surface area is 139 Å². The van der Waals surface area contributed by atoms with Crippen molar-refractivity contribution < 1.29 is 4.79 Å². The maximum Gasteiger partial charge on any atom is 0.226 e. The van der Waals surface area contributed by atoms with E-state index in [1.165, 1.54) is 11.3 Å². The van der Waals surface area contributed by atoms with Gasteiger partial charge < -0.3 is 11.1 Å². The minimum absolute atomic E-state index is 0.